The molecule has 0 fully saturated rings. The topological polar surface area (TPSA) is 93.6 Å². The zero-order valence-corrected chi connectivity index (χ0v) is 12.6. The lowest BCUT2D eigenvalue weighted by atomic mass is 10.1. The molecule has 1 aliphatic heterocycles. The maximum Gasteiger partial charge on any atom is 0.417 e. The van der Waals surface area contributed by atoms with Crippen molar-refractivity contribution in [1.29, 1.82) is 0 Å². The molecule has 0 saturated heterocycles. The van der Waals surface area contributed by atoms with Crippen LogP contribution in [-0.2, 0) is 17.8 Å². The van der Waals surface area contributed by atoms with Crippen LogP contribution < -0.4 is 20.5 Å². The Balaban J connectivity index is 1.39. The van der Waals surface area contributed by atoms with Crippen molar-refractivity contribution in [3.63, 3.8) is 0 Å². The smallest absolute Gasteiger partial charge is 0.417 e. The summed E-state index contributed by atoms with van der Waals surface area (Å²) in [7, 11) is 0. The molecule has 0 aliphatic carbocycles. The van der Waals surface area contributed by atoms with Crippen molar-refractivity contribution in [3.8, 4) is 11.5 Å². The van der Waals surface area contributed by atoms with E-state index in [-0.39, 0.29) is 19.1 Å². The molecule has 1 aliphatic rings. The molecule has 0 radical (unpaired) electrons. The van der Waals surface area contributed by atoms with Crippen molar-refractivity contribution in [1.82, 2.24) is 10.3 Å². The average Bonchev–Trinajstić information content (AvgIpc) is 3.17. The van der Waals surface area contributed by atoms with Crippen molar-refractivity contribution >= 4 is 17.0 Å². The van der Waals surface area contributed by atoms with Crippen LogP contribution in [0.5, 0.6) is 11.5 Å². The van der Waals surface area contributed by atoms with Gasteiger partial charge in [-0.15, -0.1) is 0 Å². The molecule has 0 spiro atoms. The molecule has 1 aromatic heterocycles. The Morgan fingerprint density at radius 2 is 1.92 bits per heavy atom. The Bertz CT molecular complexity index is 973. The van der Waals surface area contributed by atoms with Crippen LogP contribution in [0.2, 0.25) is 0 Å². The van der Waals surface area contributed by atoms with E-state index in [1.165, 1.54) is 0 Å². The van der Waals surface area contributed by atoms with Gasteiger partial charge in [-0.25, -0.2) is 4.79 Å². The summed E-state index contributed by atoms with van der Waals surface area (Å²) in [5.41, 5.74) is 2.79. The first kappa shape index (κ1) is 14.4. The van der Waals surface area contributed by atoms with E-state index in [0.717, 1.165) is 11.1 Å². The molecule has 7 heteroatoms. The number of amides is 1. The minimum absolute atomic E-state index is 0.113. The Labute approximate surface area is 136 Å². The van der Waals surface area contributed by atoms with Gasteiger partial charge in [0.15, 0.2) is 17.1 Å². The molecular formula is C17H14N2O5. The summed E-state index contributed by atoms with van der Waals surface area (Å²) in [5.74, 6) is 0.788. The van der Waals surface area contributed by atoms with Gasteiger partial charge in [0.1, 0.15) is 0 Å². The monoisotopic (exact) mass is 326 g/mol. The number of benzene rings is 2. The van der Waals surface area contributed by atoms with Gasteiger partial charge >= 0.3 is 5.76 Å². The number of fused-ring (bicyclic) bond motifs is 2. The first-order valence-electron chi connectivity index (χ1n) is 7.44. The van der Waals surface area contributed by atoms with E-state index in [1.807, 2.05) is 18.2 Å². The fraction of sp³-hybridized carbons (Fsp3) is 0.176. The highest BCUT2D eigenvalue weighted by molar-refractivity contribution is 5.80. The summed E-state index contributed by atoms with van der Waals surface area (Å²) in [6.45, 7) is 0.629. The molecule has 0 unspecified atom stereocenters. The number of ether oxygens (including phenoxy) is 2. The molecule has 1 amide bonds. The quantitative estimate of drug-likeness (QED) is 0.761. The van der Waals surface area contributed by atoms with E-state index in [9.17, 15) is 9.59 Å². The molecule has 122 valence electrons. The van der Waals surface area contributed by atoms with Crippen molar-refractivity contribution in [2.75, 3.05) is 6.79 Å². The van der Waals surface area contributed by atoms with Crippen molar-refractivity contribution < 1.29 is 18.7 Å². The lowest BCUT2D eigenvalue weighted by molar-refractivity contribution is -0.120. The van der Waals surface area contributed by atoms with Crippen LogP contribution >= 0.6 is 0 Å². The predicted molar refractivity (Wildman–Crippen MR) is 85.0 cm³/mol. The van der Waals surface area contributed by atoms with Crippen molar-refractivity contribution in [3.05, 3.63) is 58.1 Å². The number of aromatic amines is 1. The molecular weight excluding hydrogens is 312 g/mol. The summed E-state index contributed by atoms with van der Waals surface area (Å²) < 4.78 is 15.5. The molecule has 0 saturated carbocycles. The lowest BCUT2D eigenvalue weighted by Gasteiger charge is -2.06. The maximum atomic E-state index is 12.1. The van der Waals surface area contributed by atoms with Gasteiger partial charge in [-0.1, -0.05) is 12.1 Å². The zero-order chi connectivity index (χ0) is 16.5. The van der Waals surface area contributed by atoms with Gasteiger partial charge < -0.3 is 19.2 Å². The summed E-state index contributed by atoms with van der Waals surface area (Å²) in [6, 6.07) is 10.7. The molecule has 2 N–H and O–H groups in total. The van der Waals surface area contributed by atoms with Gasteiger partial charge in [-0.3, -0.25) is 9.78 Å². The molecule has 2 aromatic carbocycles. The minimum Gasteiger partial charge on any atom is -0.454 e. The second kappa shape index (κ2) is 5.77. The van der Waals surface area contributed by atoms with E-state index in [1.54, 1.807) is 18.2 Å². The number of carbonyl (C=O) groups is 1. The highest BCUT2D eigenvalue weighted by Gasteiger charge is 2.13. The van der Waals surface area contributed by atoms with Crippen LogP contribution in [0.1, 0.15) is 11.1 Å². The number of rotatable bonds is 4. The minimum atomic E-state index is -0.505. The van der Waals surface area contributed by atoms with Crippen LogP contribution in [-0.4, -0.2) is 17.7 Å². The predicted octanol–water partition coefficient (Wildman–Crippen LogP) is 1.71. The number of nitrogens with one attached hydrogen (secondary N) is 2. The van der Waals surface area contributed by atoms with Gasteiger partial charge in [-0.2, -0.15) is 0 Å². The second-order valence-corrected chi connectivity index (χ2v) is 5.49. The van der Waals surface area contributed by atoms with Gasteiger partial charge in [0.25, 0.3) is 0 Å². The third-order valence-electron chi connectivity index (χ3n) is 3.77. The van der Waals surface area contributed by atoms with Gasteiger partial charge in [0.05, 0.1) is 11.9 Å². The number of carbonyl (C=O) groups excluding carboxylic acids is 1. The van der Waals surface area contributed by atoms with E-state index in [4.69, 9.17) is 13.9 Å². The highest BCUT2D eigenvalue weighted by Crippen LogP contribution is 2.32. The molecule has 0 bridgehead atoms. The largest absolute Gasteiger partial charge is 0.454 e. The van der Waals surface area contributed by atoms with Crippen LogP contribution in [0.25, 0.3) is 11.1 Å². The standard InChI is InChI=1S/C17H14N2O5/c20-16(7-10-1-3-13-12(5-10)19-17(21)24-13)18-8-11-2-4-14-15(6-11)23-9-22-14/h1-6H,7-9H2,(H,18,20)(H,19,21). The van der Waals surface area contributed by atoms with Crippen LogP contribution in [0.15, 0.2) is 45.6 Å². The molecule has 3 aromatic rings. The number of hydrogen-bond donors (Lipinski definition) is 2. The SMILES string of the molecule is O=C(Cc1ccc2oc(=O)[nH]c2c1)NCc1ccc2c(c1)OCO2. The summed E-state index contributed by atoms with van der Waals surface area (Å²) >= 11 is 0. The fourth-order valence-electron chi connectivity index (χ4n) is 2.61. The Kier molecular flexibility index (Phi) is 3.45. The van der Waals surface area contributed by atoms with Crippen LogP contribution in [0.3, 0.4) is 0 Å². The van der Waals surface area contributed by atoms with Gasteiger partial charge in [0.2, 0.25) is 12.7 Å². The average molecular weight is 326 g/mol. The van der Waals surface area contributed by atoms with Gasteiger partial charge in [0, 0.05) is 6.54 Å². The summed E-state index contributed by atoms with van der Waals surface area (Å²) in [6.07, 6.45) is 0.216. The zero-order valence-electron chi connectivity index (χ0n) is 12.6. The molecule has 4 rings (SSSR count). The van der Waals surface area contributed by atoms with E-state index in [2.05, 4.69) is 10.3 Å². The van der Waals surface area contributed by atoms with Crippen LogP contribution in [0.4, 0.5) is 0 Å². The van der Waals surface area contributed by atoms with E-state index in [0.29, 0.717) is 29.1 Å². The molecule has 2 heterocycles. The van der Waals surface area contributed by atoms with Crippen molar-refractivity contribution in [2.24, 2.45) is 0 Å². The number of oxazole rings is 1. The number of hydrogen-bond acceptors (Lipinski definition) is 5. The summed E-state index contributed by atoms with van der Waals surface area (Å²) in [5, 5.41) is 2.86. The fourth-order valence-corrected chi connectivity index (χ4v) is 2.61. The Morgan fingerprint density at radius 3 is 2.83 bits per heavy atom. The molecule has 24 heavy (non-hydrogen) atoms. The second-order valence-electron chi connectivity index (χ2n) is 5.49. The number of H-pyrrole nitrogens is 1. The molecule has 0 atom stereocenters. The normalized spacial score (nSPS) is 12.5. The number of aromatic nitrogens is 1. The highest BCUT2D eigenvalue weighted by atomic mass is 16.7. The first-order chi connectivity index (χ1) is 11.7. The van der Waals surface area contributed by atoms with E-state index >= 15 is 0 Å². The Hall–Kier alpha value is -3.22. The van der Waals surface area contributed by atoms with Gasteiger partial charge in [-0.05, 0) is 35.4 Å². The molecule has 7 nitrogen and oxygen atoms in total. The summed E-state index contributed by atoms with van der Waals surface area (Å²) in [4.78, 5) is 25.8. The lowest BCUT2D eigenvalue weighted by Crippen LogP contribution is -2.24. The maximum absolute atomic E-state index is 12.1. The Morgan fingerprint density at radius 1 is 1.08 bits per heavy atom. The van der Waals surface area contributed by atoms with Crippen molar-refractivity contribution in [2.45, 2.75) is 13.0 Å². The third-order valence-corrected chi connectivity index (χ3v) is 3.77. The van der Waals surface area contributed by atoms with Crippen LogP contribution in [0, 0.1) is 0 Å². The van der Waals surface area contributed by atoms with E-state index < -0.39 is 5.76 Å². The first-order valence-corrected chi connectivity index (χ1v) is 7.44. The third kappa shape index (κ3) is 2.83.